The van der Waals surface area contributed by atoms with Crippen molar-refractivity contribution in [3.05, 3.63) is 70.6 Å². The van der Waals surface area contributed by atoms with E-state index in [-0.39, 0.29) is 18.5 Å². The molecule has 1 aromatic carbocycles. The Morgan fingerprint density at radius 2 is 1.96 bits per heavy atom. The lowest BCUT2D eigenvalue weighted by atomic mass is 9.97. The molecule has 0 saturated heterocycles. The number of hydrogen-bond acceptors (Lipinski definition) is 5. The molecular formula is C20H19ClN4O3. The van der Waals surface area contributed by atoms with Gasteiger partial charge in [0.2, 0.25) is 0 Å². The first-order chi connectivity index (χ1) is 13.6. The summed E-state index contributed by atoms with van der Waals surface area (Å²) >= 11 is 6.02. The molecule has 0 saturated carbocycles. The molecule has 2 aromatic heterocycles. The number of nitrogens with one attached hydrogen (secondary N) is 1. The summed E-state index contributed by atoms with van der Waals surface area (Å²) in [5.41, 5.74) is 3.75. The number of carbonyl (C=O) groups is 1. The minimum atomic E-state index is -0.543. The fraction of sp³-hybridized carbons (Fsp3) is 0.250. The van der Waals surface area contributed by atoms with Gasteiger partial charge >= 0.3 is 0 Å². The fourth-order valence-electron chi connectivity index (χ4n) is 3.50. The highest BCUT2D eigenvalue weighted by molar-refractivity contribution is 6.30. The van der Waals surface area contributed by atoms with E-state index in [2.05, 4.69) is 15.2 Å². The molecular weight excluding hydrogens is 380 g/mol. The number of halogens is 1. The molecule has 4 rings (SSSR count). The summed E-state index contributed by atoms with van der Waals surface area (Å²) in [6.45, 7) is 0.272. The van der Waals surface area contributed by atoms with Gasteiger partial charge in [-0.05, 0) is 23.8 Å². The van der Waals surface area contributed by atoms with E-state index in [0.717, 1.165) is 16.7 Å². The number of benzene rings is 1. The lowest BCUT2D eigenvalue weighted by Gasteiger charge is -2.28. The van der Waals surface area contributed by atoms with Crippen LogP contribution in [-0.4, -0.2) is 53.0 Å². The Hall–Kier alpha value is -2.74. The lowest BCUT2D eigenvalue weighted by Crippen LogP contribution is -2.38. The summed E-state index contributed by atoms with van der Waals surface area (Å²) in [5, 5.41) is 7.97. The third kappa shape index (κ3) is 3.17. The normalized spacial score (nSPS) is 16.1. The van der Waals surface area contributed by atoms with E-state index >= 15 is 0 Å². The number of hydrogen-bond donors (Lipinski definition) is 1. The maximum atomic E-state index is 13.1. The quantitative estimate of drug-likeness (QED) is 0.644. The number of carbonyl (C=O) groups excluding carboxylic acids is 1. The van der Waals surface area contributed by atoms with Crippen LogP contribution in [0.4, 0.5) is 0 Å². The Morgan fingerprint density at radius 1 is 1.21 bits per heavy atom. The van der Waals surface area contributed by atoms with Crippen molar-refractivity contribution in [1.29, 1.82) is 0 Å². The molecule has 1 atom stereocenters. The van der Waals surface area contributed by atoms with Crippen LogP contribution in [0, 0.1) is 0 Å². The van der Waals surface area contributed by atoms with E-state index < -0.39 is 6.29 Å². The van der Waals surface area contributed by atoms with Gasteiger partial charge in [0, 0.05) is 42.8 Å². The fourth-order valence-corrected chi connectivity index (χ4v) is 3.63. The maximum Gasteiger partial charge on any atom is 0.273 e. The van der Waals surface area contributed by atoms with Gasteiger partial charge in [0.05, 0.1) is 18.3 Å². The highest BCUT2D eigenvalue weighted by Gasteiger charge is 2.43. The molecule has 1 aliphatic heterocycles. The molecule has 28 heavy (non-hydrogen) atoms. The van der Waals surface area contributed by atoms with E-state index in [4.69, 9.17) is 21.1 Å². The Morgan fingerprint density at radius 3 is 2.61 bits per heavy atom. The monoisotopic (exact) mass is 398 g/mol. The zero-order chi connectivity index (χ0) is 19.7. The molecule has 3 heterocycles. The molecule has 0 spiro atoms. The van der Waals surface area contributed by atoms with Crippen LogP contribution in [0.25, 0.3) is 11.3 Å². The van der Waals surface area contributed by atoms with Crippen LogP contribution < -0.4 is 0 Å². The SMILES string of the molecule is COC(CN1C(=O)c2[nH]nc(-c3ccc(Cl)cc3)c2C1c1cccnc1)OC. The molecule has 0 aliphatic carbocycles. The van der Waals surface area contributed by atoms with Gasteiger partial charge in [0.25, 0.3) is 5.91 Å². The average molecular weight is 399 g/mol. The summed E-state index contributed by atoms with van der Waals surface area (Å²) in [5.74, 6) is -0.157. The highest BCUT2D eigenvalue weighted by atomic mass is 35.5. The summed E-state index contributed by atoms with van der Waals surface area (Å²) in [6, 6.07) is 10.8. The van der Waals surface area contributed by atoms with Gasteiger partial charge in [-0.25, -0.2) is 0 Å². The number of nitrogens with zero attached hydrogens (tertiary/aromatic N) is 3. The smallest absolute Gasteiger partial charge is 0.273 e. The van der Waals surface area contributed by atoms with Gasteiger partial charge in [0.15, 0.2) is 6.29 Å². The van der Waals surface area contributed by atoms with E-state index in [0.29, 0.717) is 16.4 Å². The van der Waals surface area contributed by atoms with Crippen molar-refractivity contribution >= 4 is 17.5 Å². The summed E-state index contributed by atoms with van der Waals surface area (Å²) in [6.07, 6.45) is 2.92. The molecule has 1 amide bonds. The second-order valence-electron chi connectivity index (χ2n) is 6.42. The molecule has 1 aliphatic rings. The van der Waals surface area contributed by atoms with Crippen molar-refractivity contribution in [3.63, 3.8) is 0 Å². The zero-order valence-electron chi connectivity index (χ0n) is 15.4. The molecule has 0 radical (unpaired) electrons. The summed E-state index contributed by atoms with van der Waals surface area (Å²) < 4.78 is 10.7. The first-order valence-corrected chi connectivity index (χ1v) is 9.12. The van der Waals surface area contributed by atoms with Gasteiger partial charge < -0.3 is 14.4 Å². The van der Waals surface area contributed by atoms with Crippen molar-refractivity contribution < 1.29 is 14.3 Å². The highest BCUT2D eigenvalue weighted by Crippen LogP contribution is 2.42. The molecule has 144 valence electrons. The van der Waals surface area contributed by atoms with Gasteiger partial charge in [-0.15, -0.1) is 0 Å². The number of aromatic nitrogens is 3. The predicted octanol–water partition coefficient (Wildman–Crippen LogP) is 3.29. The Balaban J connectivity index is 1.83. The van der Waals surface area contributed by atoms with Crippen LogP contribution >= 0.6 is 11.6 Å². The van der Waals surface area contributed by atoms with E-state index in [1.54, 1.807) is 43.6 Å². The first-order valence-electron chi connectivity index (χ1n) is 8.74. The maximum absolute atomic E-state index is 13.1. The van der Waals surface area contributed by atoms with Crippen LogP contribution in [-0.2, 0) is 9.47 Å². The lowest BCUT2D eigenvalue weighted by molar-refractivity contribution is -0.113. The molecule has 1 unspecified atom stereocenters. The largest absolute Gasteiger partial charge is 0.354 e. The van der Waals surface area contributed by atoms with Crippen LogP contribution in [0.5, 0.6) is 0 Å². The molecule has 3 aromatic rings. The zero-order valence-corrected chi connectivity index (χ0v) is 16.2. The van der Waals surface area contributed by atoms with Crippen LogP contribution in [0.1, 0.15) is 27.7 Å². The van der Waals surface area contributed by atoms with E-state index in [1.807, 2.05) is 24.3 Å². The Kier molecular flexibility index (Phi) is 5.13. The molecule has 0 fully saturated rings. The van der Waals surface area contributed by atoms with Gasteiger partial charge in [-0.3, -0.25) is 14.9 Å². The van der Waals surface area contributed by atoms with E-state index in [1.165, 1.54) is 0 Å². The standard InChI is InChI=1S/C20H19ClN4O3/c1-27-15(28-2)11-25-19(13-4-3-9-22-10-13)16-17(23-24-18(16)20(25)26)12-5-7-14(21)8-6-12/h3-10,15,19H,11H2,1-2H3,(H,23,24). The number of H-pyrrole nitrogens is 1. The summed E-state index contributed by atoms with van der Waals surface area (Å²) in [4.78, 5) is 19.1. The topological polar surface area (TPSA) is 80.3 Å². The van der Waals surface area contributed by atoms with Crippen LogP contribution in [0.3, 0.4) is 0 Å². The van der Waals surface area contributed by atoms with Crippen molar-refractivity contribution in [2.24, 2.45) is 0 Å². The van der Waals surface area contributed by atoms with Crippen molar-refractivity contribution in [2.75, 3.05) is 20.8 Å². The van der Waals surface area contributed by atoms with Crippen LogP contribution in [0.15, 0.2) is 48.8 Å². The number of amides is 1. The predicted molar refractivity (Wildman–Crippen MR) is 104 cm³/mol. The number of aromatic amines is 1. The number of rotatable bonds is 6. The van der Waals surface area contributed by atoms with Crippen LogP contribution in [0.2, 0.25) is 5.02 Å². The molecule has 1 N–H and O–H groups in total. The third-order valence-corrected chi connectivity index (χ3v) is 5.11. The number of ether oxygens (including phenoxy) is 2. The van der Waals surface area contributed by atoms with Gasteiger partial charge in [-0.2, -0.15) is 5.10 Å². The van der Waals surface area contributed by atoms with Crippen molar-refractivity contribution in [3.8, 4) is 11.3 Å². The third-order valence-electron chi connectivity index (χ3n) is 4.85. The first kappa shape index (κ1) is 18.6. The second-order valence-corrected chi connectivity index (χ2v) is 6.85. The van der Waals surface area contributed by atoms with Gasteiger partial charge in [-0.1, -0.05) is 29.8 Å². The number of methoxy groups -OCH3 is 2. The molecule has 7 nitrogen and oxygen atoms in total. The summed E-state index contributed by atoms with van der Waals surface area (Å²) in [7, 11) is 3.10. The molecule has 8 heteroatoms. The van der Waals surface area contributed by atoms with Crippen molar-refractivity contribution in [1.82, 2.24) is 20.1 Å². The minimum absolute atomic E-state index is 0.157. The number of fused-ring (bicyclic) bond motifs is 1. The Labute approximate surface area is 167 Å². The Bertz CT molecular complexity index is 971. The second kappa shape index (κ2) is 7.71. The van der Waals surface area contributed by atoms with E-state index in [9.17, 15) is 4.79 Å². The van der Waals surface area contributed by atoms with Crippen molar-refractivity contribution in [2.45, 2.75) is 12.3 Å². The number of pyridine rings is 1. The van der Waals surface area contributed by atoms with Gasteiger partial charge in [0.1, 0.15) is 5.69 Å². The molecule has 0 bridgehead atoms. The average Bonchev–Trinajstić information content (AvgIpc) is 3.26. The minimum Gasteiger partial charge on any atom is -0.354 e.